The van der Waals surface area contributed by atoms with Crippen LogP contribution in [0.5, 0.6) is 0 Å². The highest BCUT2D eigenvalue weighted by Gasteiger charge is 1.96. The molecule has 0 aliphatic carbocycles. The number of aromatic nitrogens is 2. The van der Waals surface area contributed by atoms with Gasteiger partial charge in [-0.2, -0.15) is 0 Å². The minimum atomic E-state index is 0.463. The number of rotatable bonds is 3. The molecule has 5 N–H and O–H groups in total. The van der Waals surface area contributed by atoms with Crippen molar-refractivity contribution in [2.45, 2.75) is 13.0 Å². The topological polar surface area (TPSA) is 80.7 Å². The van der Waals surface area contributed by atoms with Crippen LogP contribution in [0.4, 0.5) is 0 Å². The average molecular weight is 140 g/mol. The average Bonchev–Trinajstić information content (AvgIpc) is 2.37. The van der Waals surface area contributed by atoms with Crippen molar-refractivity contribution in [2.75, 3.05) is 6.54 Å². The van der Waals surface area contributed by atoms with Crippen LogP contribution in [0.25, 0.3) is 0 Å². The lowest BCUT2D eigenvalue weighted by Gasteiger charge is -1.87. The Bertz CT molecular complexity index is 193. The molecule has 0 saturated carbocycles. The molecule has 1 aromatic heterocycles. The summed E-state index contributed by atoms with van der Waals surface area (Å²) in [5.41, 5.74) is 11.6. The third-order valence-electron chi connectivity index (χ3n) is 1.28. The first kappa shape index (κ1) is 7.24. The summed E-state index contributed by atoms with van der Waals surface area (Å²) >= 11 is 0. The van der Waals surface area contributed by atoms with Gasteiger partial charge in [0.1, 0.15) is 5.82 Å². The number of nitrogens with two attached hydrogens (primary N) is 2. The lowest BCUT2D eigenvalue weighted by Crippen LogP contribution is -2.03. The van der Waals surface area contributed by atoms with Crippen molar-refractivity contribution in [3.8, 4) is 0 Å². The van der Waals surface area contributed by atoms with Crippen LogP contribution in [0.15, 0.2) is 6.20 Å². The molecule has 1 heterocycles. The second kappa shape index (κ2) is 3.34. The lowest BCUT2D eigenvalue weighted by molar-refractivity contribution is 0.901. The fourth-order valence-corrected chi connectivity index (χ4v) is 0.785. The zero-order chi connectivity index (χ0) is 7.40. The van der Waals surface area contributed by atoms with E-state index < -0.39 is 0 Å². The van der Waals surface area contributed by atoms with Crippen molar-refractivity contribution >= 4 is 0 Å². The predicted molar refractivity (Wildman–Crippen MR) is 39.2 cm³/mol. The van der Waals surface area contributed by atoms with Gasteiger partial charge in [0.15, 0.2) is 0 Å². The van der Waals surface area contributed by atoms with E-state index in [1.165, 1.54) is 0 Å². The molecule has 0 aromatic carbocycles. The number of nitrogens with zero attached hydrogens (tertiary/aromatic N) is 1. The summed E-state index contributed by atoms with van der Waals surface area (Å²) in [7, 11) is 0. The Balaban J connectivity index is 2.59. The summed E-state index contributed by atoms with van der Waals surface area (Å²) in [4.78, 5) is 7.11. The fraction of sp³-hybridized carbons (Fsp3) is 0.500. The van der Waals surface area contributed by atoms with Crippen LogP contribution in [0, 0.1) is 0 Å². The monoisotopic (exact) mass is 140 g/mol. The van der Waals surface area contributed by atoms with Gasteiger partial charge in [-0.3, -0.25) is 0 Å². The molecule has 1 aromatic rings. The van der Waals surface area contributed by atoms with Gasteiger partial charge in [-0.25, -0.2) is 4.98 Å². The van der Waals surface area contributed by atoms with Crippen LogP contribution in [0.3, 0.4) is 0 Å². The molecule has 56 valence electrons. The third kappa shape index (κ3) is 1.55. The lowest BCUT2D eigenvalue weighted by atomic mass is 10.3. The first-order valence-corrected chi connectivity index (χ1v) is 3.30. The van der Waals surface area contributed by atoms with Gasteiger partial charge in [-0.05, 0) is 6.54 Å². The van der Waals surface area contributed by atoms with Crippen molar-refractivity contribution in [3.63, 3.8) is 0 Å². The van der Waals surface area contributed by atoms with E-state index in [1.54, 1.807) is 0 Å². The Kier molecular flexibility index (Phi) is 2.42. The quantitative estimate of drug-likeness (QED) is 0.523. The number of nitrogens with one attached hydrogen (secondary N) is 1. The standard InChI is InChI=1S/C6H12N4/c7-2-1-5-4-9-6(3-8)10-5/h4H,1-3,7-8H2,(H,9,10). The van der Waals surface area contributed by atoms with E-state index >= 15 is 0 Å². The maximum absolute atomic E-state index is 5.33. The zero-order valence-electron chi connectivity index (χ0n) is 5.80. The molecule has 1 rings (SSSR count). The molecule has 4 nitrogen and oxygen atoms in total. The molecule has 0 atom stereocenters. The molecule has 0 amide bonds. The molecule has 0 radical (unpaired) electrons. The zero-order valence-corrected chi connectivity index (χ0v) is 5.80. The summed E-state index contributed by atoms with van der Waals surface area (Å²) in [5.74, 6) is 0.823. The highest BCUT2D eigenvalue weighted by Crippen LogP contribution is 1.95. The van der Waals surface area contributed by atoms with E-state index in [1.807, 2.05) is 6.20 Å². The molecule has 0 fully saturated rings. The van der Waals surface area contributed by atoms with Crippen molar-refractivity contribution in [1.82, 2.24) is 9.97 Å². The summed E-state index contributed by atoms with van der Waals surface area (Å²) in [6.07, 6.45) is 2.66. The highest BCUT2D eigenvalue weighted by molar-refractivity contribution is 5.01. The summed E-state index contributed by atoms with van der Waals surface area (Å²) < 4.78 is 0. The Morgan fingerprint density at radius 1 is 1.50 bits per heavy atom. The fourth-order valence-electron chi connectivity index (χ4n) is 0.785. The summed E-state index contributed by atoms with van der Waals surface area (Å²) in [6, 6.07) is 0. The van der Waals surface area contributed by atoms with Crippen LogP contribution in [-0.2, 0) is 13.0 Å². The first-order chi connectivity index (χ1) is 4.86. The minimum Gasteiger partial charge on any atom is -0.347 e. The molecule has 0 aliphatic rings. The molecule has 0 saturated heterocycles. The van der Waals surface area contributed by atoms with Gasteiger partial charge in [0, 0.05) is 12.6 Å². The largest absolute Gasteiger partial charge is 0.347 e. The van der Waals surface area contributed by atoms with Gasteiger partial charge in [0.05, 0.1) is 12.2 Å². The van der Waals surface area contributed by atoms with Crippen LogP contribution in [0.1, 0.15) is 11.5 Å². The third-order valence-corrected chi connectivity index (χ3v) is 1.28. The van der Waals surface area contributed by atoms with Crippen LogP contribution in [0.2, 0.25) is 0 Å². The van der Waals surface area contributed by atoms with E-state index in [4.69, 9.17) is 11.5 Å². The normalized spacial score (nSPS) is 10.2. The smallest absolute Gasteiger partial charge is 0.120 e. The molecule has 0 spiro atoms. The van der Waals surface area contributed by atoms with Gasteiger partial charge >= 0.3 is 0 Å². The summed E-state index contributed by atoms with van der Waals surface area (Å²) in [6.45, 7) is 1.10. The predicted octanol–water partition coefficient (Wildman–Crippen LogP) is -0.630. The number of hydrogen-bond acceptors (Lipinski definition) is 3. The van der Waals surface area contributed by atoms with E-state index in [-0.39, 0.29) is 0 Å². The van der Waals surface area contributed by atoms with Gasteiger partial charge in [-0.15, -0.1) is 0 Å². The highest BCUT2D eigenvalue weighted by atomic mass is 14.9. The minimum absolute atomic E-state index is 0.463. The number of H-pyrrole nitrogens is 1. The molecule has 10 heavy (non-hydrogen) atoms. The molecule has 4 heteroatoms. The molecular weight excluding hydrogens is 128 g/mol. The van der Waals surface area contributed by atoms with Gasteiger partial charge in [0.25, 0.3) is 0 Å². The first-order valence-electron chi connectivity index (χ1n) is 3.30. The molecule has 0 aliphatic heterocycles. The Morgan fingerprint density at radius 2 is 2.30 bits per heavy atom. The van der Waals surface area contributed by atoms with Gasteiger partial charge in [0.2, 0.25) is 0 Å². The van der Waals surface area contributed by atoms with Crippen molar-refractivity contribution in [2.24, 2.45) is 11.5 Å². The second-order valence-electron chi connectivity index (χ2n) is 2.08. The van der Waals surface area contributed by atoms with Crippen molar-refractivity contribution in [1.29, 1.82) is 0 Å². The van der Waals surface area contributed by atoms with E-state index in [0.717, 1.165) is 17.9 Å². The van der Waals surface area contributed by atoms with Crippen LogP contribution >= 0.6 is 0 Å². The molecular formula is C6H12N4. The van der Waals surface area contributed by atoms with Crippen LogP contribution < -0.4 is 11.5 Å². The van der Waals surface area contributed by atoms with E-state index in [9.17, 15) is 0 Å². The maximum Gasteiger partial charge on any atom is 0.120 e. The number of hydrogen-bond donors (Lipinski definition) is 3. The molecule has 0 bridgehead atoms. The summed E-state index contributed by atoms with van der Waals surface area (Å²) in [5, 5.41) is 0. The maximum atomic E-state index is 5.33. The van der Waals surface area contributed by atoms with Gasteiger partial charge < -0.3 is 16.5 Å². The Morgan fingerprint density at radius 3 is 2.80 bits per heavy atom. The van der Waals surface area contributed by atoms with E-state index in [2.05, 4.69) is 9.97 Å². The molecule has 0 unspecified atom stereocenters. The van der Waals surface area contributed by atoms with Crippen molar-refractivity contribution < 1.29 is 0 Å². The SMILES string of the molecule is NCCc1c[nH]c(CN)n1. The Hall–Kier alpha value is -0.870. The number of imidazole rings is 1. The Labute approximate surface area is 59.6 Å². The van der Waals surface area contributed by atoms with Gasteiger partial charge in [-0.1, -0.05) is 0 Å². The second-order valence-corrected chi connectivity index (χ2v) is 2.08. The van der Waals surface area contributed by atoms with Crippen molar-refractivity contribution in [3.05, 3.63) is 17.7 Å². The van der Waals surface area contributed by atoms with E-state index in [0.29, 0.717) is 13.1 Å². The number of aromatic amines is 1. The van der Waals surface area contributed by atoms with Crippen LogP contribution in [-0.4, -0.2) is 16.5 Å².